The number of ether oxygens (including phenoxy) is 3. The second kappa shape index (κ2) is 6.83. The van der Waals surface area contributed by atoms with E-state index in [0.717, 1.165) is 0 Å². The summed E-state index contributed by atoms with van der Waals surface area (Å²) >= 11 is 0. The Morgan fingerprint density at radius 2 is 1.67 bits per heavy atom. The van der Waals surface area contributed by atoms with Crippen molar-refractivity contribution < 1.29 is 28.9 Å². The minimum absolute atomic E-state index is 0.0326. The van der Waals surface area contributed by atoms with Crippen LogP contribution in [0.5, 0.6) is 11.5 Å². The zero-order valence-corrected chi connectivity index (χ0v) is 12.4. The lowest BCUT2D eigenvalue weighted by molar-refractivity contribution is -0.143. The number of carboxylic acid groups (broad SMARTS) is 1. The summed E-state index contributed by atoms with van der Waals surface area (Å²) < 4.78 is 15.2. The lowest BCUT2D eigenvalue weighted by Gasteiger charge is -2.20. The van der Waals surface area contributed by atoms with Gasteiger partial charge in [0.25, 0.3) is 0 Å². The summed E-state index contributed by atoms with van der Waals surface area (Å²) in [6.45, 7) is 2.70. The third-order valence-electron chi connectivity index (χ3n) is 2.73. The molecule has 2 N–H and O–H groups in total. The molecule has 0 aliphatic carbocycles. The summed E-state index contributed by atoms with van der Waals surface area (Å²) in [5.74, 6) is -0.0130. The summed E-state index contributed by atoms with van der Waals surface area (Å²) in [7, 11) is 3.03. The van der Waals surface area contributed by atoms with E-state index in [-0.39, 0.29) is 6.61 Å². The number of carbonyl (C=O) groups excluding carboxylic acids is 1. The lowest BCUT2D eigenvalue weighted by atomic mass is 10.1. The molecule has 0 aliphatic rings. The maximum Gasteiger partial charge on any atom is 0.408 e. The van der Waals surface area contributed by atoms with E-state index in [9.17, 15) is 9.59 Å². The molecule has 1 rings (SSSR count). The molecule has 116 valence electrons. The third-order valence-corrected chi connectivity index (χ3v) is 2.73. The number of nitrogens with one attached hydrogen (secondary N) is 1. The van der Waals surface area contributed by atoms with Crippen LogP contribution in [0.4, 0.5) is 4.79 Å². The Bertz CT molecular complexity index is 504. The van der Waals surface area contributed by atoms with Crippen molar-refractivity contribution in [2.45, 2.75) is 26.0 Å². The van der Waals surface area contributed by atoms with Crippen LogP contribution in [0.25, 0.3) is 0 Å². The molecule has 0 radical (unpaired) electrons. The minimum Gasteiger partial charge on any atom is -0.497 e. The zero-order chi connectivity index (χ0) is 16.0. The van der Waals surface area contributed by atoms with Crippen LogP contribution in [-0.4, -0.2) is 36.9 Å². The molecule has 0 saturated heterocycles. The van der Waals surface area contributed by atoms with Gasteiger partial charge in [-0.05, 0) is 31.5 Å². The van der Waals surface area contributed by atoms with E-state index < -0.39 is 17.6 Å². The van der Waals surface area contributed by atoms with Gasteiger partial charge in [0.05, 0.1) is 14.2 Å². The number of hydrogen-bond acceptors (Lipinski definition) is 5. The van der Waals surface area contributed by atoms with Crippen LogP contribution in [-0.2, 0) is 16.1 Å². The highest BCUT2D eigenvalue weighted by atomic mass is 16.5. The Hall–Kier alpha value is -2.44. The predicted molar refractivity (Wildman–Crippen MR) is 74.6 cm³/mol. The fourth-order valence-corrected chi connectivity index (χ4v) is 1.44. The zero-order valence-electron chi connectivity index (χ0n) is 12.4. The first-order valence-electron chi connectivity index (χ1n) is 6.19. The second-order valence-electron chi connectivity index (χ2n) is 4.85. The van der Waals surface area contributed by atoms with Crippen molar-refractivity contribution in [3.05, 3.63) is 23.8 Å². The van der Waals surface area contributed by atoms with Crippen LogP contribution in [0, 0.1) is 0 Å². The Balaban J connectivity index is 2.67. The summed E-state index contributed by atoms with van der Waals surface area (Å²) in [6.07, 6.45) is -0.816. The number of alkyl carbamates (subject to hydrolysis) is 1. The highest BCUT2D eigenvalue weighted by molar-refractivity contribution is 5.83. The molecular weight excluding hydrogens is 278 g/mol. The molecule has 7 nitrogen and oxygen atoms in total. The molecule has 0 aromatic heterocycles. The van der Waals surface area contributed by atoms with Crippen molar-refractivity contribution in [3.8, 4) is 11.5 Å². The number of aliphatic carboxylic acids is 1. The van der Waals surface area contributed by atoms with Gasteiger partial charge in [0.2, 0.25) is 0 Å². The van der Waals surface area contributed by atoms with E-state index in [2.05, 4.69) is 5.32 Å². The predicted octanol–water partition coefficient (Wildman–Crippen LogP) is 1.79. The molecule has 0 unspecified atom stereocenters. The first-order valence-corrected chi connectivity index (χ1v) is 6.19. The smallest absolute Gasteiger partial charge is 0.408 e. The maximum atomic E-state index is 11.6. The molecule has 0 aliphatic heterocycles. The number of amides is 1. The van der Waals surface area contributed by atoms with Gasteiger partial charge in [-0.1, -0.05) is 0 Å². The molecule has 0 fully saturated rings. The first kappa shape index (κ1) is 16.6. The summed E-state index contributed by atoms with van der Waals surface area (Å²) in [5, 5.41) is 11.2. The third kappa shape index (κ3) is 4.87. The average Bonchev–Trinajstić information content (AvgIpc) is 2.44. The van der Waals surface area contributed by atoms with Crippen molar-refractivity contribution in [2.24, 2.45) is 0 Å². The van der Waals surface area contributed by atoms with Crippen molar-refractivity contribution >= 4 is 12.1 Å². The Morgan fingerprint density at radius 3 is 2.10 bits per heavy atom. The quantitative estimate of drug-likeness (QED) is 0.831. The number of benzene rings is 1. The Morgan fingerprint density at radius 1 is 1.14 bits per heavy atom. The topological polar surface area (TPSA) is 94.1 Å². The summed E-state index contributed by atoms with van der Waals surface area (Å²) in [4.78, 5) is 22.5. The summed E-state index contributed by atoms with van der Waals surface area (Å²) in [6, 6.07) is 5.08. The molecule has 0 heterocycles. The van der Waals surface area contributed by atoms with Crippen LogP contribution in [0.2, 0.25) is 0 Å². The van der Waals surface area contributed by atoms with E-state index >= 15 is 0 Å². The van der Waals surface area contributed by atoms with Crippen LogP contribution in [0.1, 0.15) is 19.4 Å². The van der Waals surface area contributed by atoms with Gasteiger partial charge in [-0.15, -0.1) is 0 Å². The highest BCUT2D eigenvalue weighted by Gasteiger charge is 2.29. The van der Waals surface area contributed by atoms with Crippen LogP contribution in [0.15, 0.2) is 18.2 Å². The first-order chi connectivity index (χ1) is 9.78. The van der Waals surface area contributed by atoms with Gasteiger partial charge in [0.15, 0.2) is 0 Å². The molecule has 0 spiro atoms. The van der Waals surface area contributed by atoms with Gasteiger partial charge < -0.3 is 24.6 Å². The standard InChI is InChI=1S/C14H19NO6/c1-14(2,12(16)17)15-13(18)21-8-9-5-10(19-3)7-11(6-9)20-4/h5-7H,8H2,1-4H3,(H,15,18)(H,16,17). The Labute approximate surface area is 122 Å². The van der Waals surface area contributed by atoms with Crippen molar-refractivity contribution in [1.82, 2.24) is 5.32 Å². The number of rotatable bonds is 6. The molecule has 1 amide bonds. The van der Waals surface area contributed by atoms with E-state index in [1.54, 1.807) is 18.2 Å². The fourth-order valence-electron chi connectivity index (χ4n) is 1.44. The second-order valence-corrected chi connectivity index (χ2v) is 4.85. The minimum atomic E-state index is -1.40. The van der Waals surface area contributed by atoms with E-state index in [1.807, 2.05) is 0 Å². The van der Waals surface area contributed by atoms with Gasteiger partial charge >= 0.3 is 12.1 Å². The molecule has 0 bridgehead atoms. The number of methoxy groups -OCH3 is 2. The van der Waals surface area contributed by atoms with E-state index in [1.165, 1.54) is 28.1 Å². The molecule has 1 aromatic rings. The van der Waals surface area contributed by atoms with E-state index in [4.69, 9.17) is 19.3 Å². The molecule has 7 heteroatoms. The van der Waals surface area contributed by atoms with Crippen LogP contribution < -0.4 is 14.8 Å². The molecule has 21 heavy (non-hydrogen) atoms. The lowest BCUT2D eigenvalue weighted by Crippen LogP contribution is -2.49. The van der Waals surface area contributed by atoms with Gasteiger partial charge in [-0.2, -0.15) is 0 Å². The van der Waals surface area contributed by atoms with Gasteiger partial charge in [0.1, 0.15) is 23.6 Å². The van der Waals surface area contributed by atoms with Crippen LogP contribution >= 0.6 is 0 Å². The maximum absolute atomic E-state index is 11.6. The van der Waals surface area contributed by atoms with Gasteiger partial charge in [-0.3, -0.25) is 0 Å². The van der Waals surface area contributed by atoms with Crippen LogP contribution in [0.3, 0.4) is 0 Å². The Kier molecular flexibility index (Phi) is 5.40. The monoisotopic (exact) mass is 297 g/mol. The van der Waals surface area contributed by atoms with Gasteiger partial charge in [-0.25, -0.2) is 9.59 Å². The van der Waals surface area contributed by atoms with Crippen molar-refractivity contribution in [1.29, 1.82) is 0 Å². The van der Waals surface area contributed by atoms with Gasteiger partial charge in [0, 0.05) is 6.07 Å². The van der Waals surface area contributed by atoms with Crippen molar-refractivity contribution in [3.63, 3.8) is 0 Å². The molecule has 0 saturated carbocycles. The average molecular weight is 297 g/mol. The largest absolute Gasteiger partial charge is 0.497 e. The molecule has 0 atom stereocenters. The van der Waals surface area contributed by atoms with E-state index in [0.29, 0.717) is 17.1 Å². The number of carboxylic acids is 1. The molecular formula is C14H19NO6. The number of carbonyl (C=O) groups is 2. The fraction of sp³-hybridized carbons (Fsp3) is 0.429. The van der Waals surface area contributed by atoms with Crippen molar-refractivity contribution in [2.75, 3.05) is 14.2 Å². The SMILES string of the molecule is COc1cc(COC(=O)NC(C)(C)C(=O)O)cc(OC)c1. The summed E-state index contributed by atoms with van der Waals surface area (Å²) in [5.41, 5.74) is -0.738. The number of hydrogen-bond donors (Lipinski definition) is 2. The highest BCUT2D eigenvalue weighted by Crippen LogP contribution is 2.22. The molecule has 1 aromatic carbocycles. The normalized spacial score (nSPS) is 10.7.